The molecule has 0 aliphatic carbocycles. The normalized spacial score (nSPS) is 12.6. The van der Waals surface area contributed by atoms with Crippen molar-refractivity contribution in [1.82, 2.24) is 10.1 Å². The van der Waals surface area contributed by atoms with Crippen LogP contribution in [0.15, 0.2) is 28.8 Å². The van der Waals surface area contributed by atoms with E-state index in [1.54, 1.807) is 7.11 Å². The molecule has 1 atom stereocenters. The molecule has 5 nitrogen and oxygen atoms in total. The summed E-state index contributed by atoms with van der Waals surface area (Å²) in [5.74, 6) is 0.965. The summed E-state index contributed by atoms with van der Waals surface area (Å²) in [6.07, 6.45) is 0.535. The maximum Gasteiger partial charge on any atom is 0.231 e. The maximum absolute atomic E-state index is 5.90. The second kappa shape index (κ2) is 5.95. The average molecular weight is 268 g/mol. The molecule has 0 spiro atoms. The lowest BCUT2D eigenvalue weighted by atomic mass is 10.1. The lowest BCUT2D eigenvalue weighted by molar-refractivity contribution is 0.177. The van der Waals surface area contributed by atoms with E-state index in [1.807, 2.05) is 24.3 Å². The molecule has 6 heteroatoms. The number of hydrogen-bond donors (Lipinski definition) is 1. The highest BCUT2D eigenvalue weighted by molar-refractivity contribution is 6.30. The van der Waals surface area contributed by atoms with Gasteiger partial charge < -0.3 is 15.0 Å². The Morgan fingerprint density at radius 2 is 2.33 bits per heavy atom. The zero-order valence-electron chi connectivity index (χ0n) is 9.97. The summed E-state index contributed by atoms with van der Waals surface area (Å²) in [5.41, 5.74) is 6.82. The number of rotatable bonds is 5. The predicted octanol–water partition coefficient (Wildman–Crippen LogP) is 1.96. The van der Waals surface area contributed by atoms with Crippen LogP contribution >= 0.6 is 11.6 Å². The summed E-state index contributed by atoms with van der Waals surface area (Å²) >= 11 is 5.90. The molecular formula is C12H14ClN3O2. The average Bonchev–Trinajstić information content (AvgIpc) is 2.78. The van der Waals surface area contributed by atoms with Gasteiger partial charge in [0.2, 0.25) is 5.89 Å². The highest BCUT2D eigenvalue weighted by atomic mass is 35.5. The zero-order chi connectivity index (χ0) is 13.0. The first-order valence-electron chi connectivity index (χ1n) is 5.50. The van der Waals surface area contributed by atoms with Crippen molar-refractivity contribution in [3.05, 3.63) is 46.6 Å². The molecule has 2 aromatic rings. The molecule has 0 saturated heterocycles. The van der Waals surface area contributed by atoms with Gasteiger partial charge in [0, 0.05) is 12.1 Å². The van der Waals surface area contributed by atoms with Gasteiger partial charge in [-0.2, -0.15) is 4.98 Å². The molecule has 96 valence electrons. The van der Waals surface area contributed by atoms with Crippen molar-refractivity contribution in [2.24, 2.45) is 5.73 Å². The molecule has 2 rings (SSSR count). The Morgan fingerprint density at radius 3 is 3.06 bits per heavy atom. The topological polar surface area (TPSA) is 74.2 Å². The van der Waals surface area contributed by atoms with E-state index in [0.29, 0.717) is 29.8 Å². The molecule has 1 aromatic heterocycles. The van der Waals surface area contributed by atoms with E-state index in [1.165, 1.54) is 0 Å². The van der Waals surface area contributed by atoms with Crippen LogP contribution in [0.3, 0.4) is 0 Å². The number of methoxy groups -OCH3 is 1. The fourth-order valence-corrected chi connectivity index (χ4v) is 1.78. The van der Waals surface area contributed by atoms with Crippen LogP contribution in [-0.2, 0) is 11.2 Å². The minimum atomic E-state index is -0.369. The van der Waals surface area contributed by atoms with Crippen LogP contribution in [0.5, 0.6) is 0 Å². The molecule has 0 aliphatic heterocycles. The second-order valence-electron chi connectivity index (χ2n) is 3.91. The predicted molar refractivity (Wildman–Crippen MR) is 67.4 cm³/mol. The first-order valence-corrected chi connectivity index (χ1v) is 5.88. The Balaban J connectivity index is 2.06. The second-order valence-corrected chi connectivity index (χ2v) is 4.35. The smallest absolute Gasteiger partial charge is 0.231 e. The number of ether oxygens (including phenoxy) is 1. The molecule has 0 bridgehead atoms. The first kappa shape index (κ1) is 13.0. The van der Waals surface area contributed by atoms with E-state index in [0.717, 1.165) is 5.56 Å². The third-order valence-corrected chi connectivity index (χ3v) is 2.64. The standard InChI is InChI=1S/C12H14ClN3O2/c1-17-7-10(14)12-15-11(18-16-12)6-8-3-2-4-9(13)5-8/h2-5,10H,6-7,14H2,1H3. The fourth-order valence-electron chi connectivity index (χ4n) is 1.57. The van der Waals surface area contributed by atoms with Gasteiger partial charge in [0.1, 0.15) is 0 Å². The number of hydrogen-bond acceptors (Lipinski definition) is 5. The summed E-state index contributed by atoms with van der Waals surface area (Å²) in [6, 6.07) is 7.14. The van der Waals surface area contributed by atoms with Crippen LogP contribution in [0.2, 0.25) is 5.02 Å². The monoisotopic (exact) mass is 267 g/mol. The van der Waals surface area contributed by atoms with Crippen LogP contribution in [-0.4, -0.2) is 23.9 Å². The molecule has 0 saturated carbocycles. The lowest BCUT2D eigenvalue weighted by Crippen LogP contribution is -2.17. The Kier molecular flexibility index (Phi) is 4.30. The van der Waals surface area contributed by atoms with Crippen molar-refractivity contribution in [1.29, 1.82) is 0 Å². The van der Waals surface area contributed by atoms with Crippen LogP contribution in [0.25, 0.3) is 0 Å². The van der Waals surface area contributed by atoms with Gasteiger partial charge in [-0.25, -0.2) is 0 Å². The molecule has 0 fully saturated rings. The highest BCUT2D eigenvalue weighted by Gasteiger charge is 2.14. The lowest BCUT2D eigenvalue weighted by Gasteiger charge is -2.03. The Labute approximate surface area is 110 Å². The third-order valence-electron chi connectivity index (χ3n) is 2.41. The van der Waals surface area contributed by atoms with Gasteiger partial charge >= 0.3 is 0 Å². The number of halogens is 1. The summed E-state index contributed by atoms with van der Waals surface area (Å²) in [5, 5.41) is 4.51. The number of nitrogens with two attached hydrogens (primary N) is 1. The molecule has 1 heterocycles. The van der Waals surface area contributed by atoms with Gasteiger partial charge in [0.25, 0.3) is 0 Å². The number of benzene rings is 1. The zero-order valence-corrected chi connectivity index (χ0v) is 10.7. The third kappa shape index (κ3) is 3.29. The van der Waals surface area contributed by atoms with Crippen molar-refractivity contribution < 1.29 is 9.26 Å². The molecule has 0 amide bonds. The molecule has 0 radical (unpaired) electrons. The fraction of sp³-hybridized carbons (Fsp3) is 0.333. The van der Waals surface area contributed by atoms with E-state index < -0.39 is 0 Å². The van der Waals surface area contributed by atoms with Crippen molar-refractivity contribution in [2.45, 2.75) is 12.5 Å². The van der Waals surface area contributed by atoms with Crippen molar-refractivity contribution in [2.75, 3.05) is 13.7 Å². The summed E-state index contributed by atoms with van der Waals surface area (Å²) in [6.45, 7) is 0.357. The molecular weight excluding hydrogens is 254 g/mol. The highest BCUT2D eigenvalue weighted by Crippen LogP contribution is 2.15. The number of aromatic nitrogens is 2. The largest absolute Gasteiger partial charge is 0.383 e. The molecule has 1 aromatic carbocycles. The van der Waals surface area contributed by atoms with Gasteiger partial charge in [-0.1, -0.05) is 28.9 Å². The molecule has 1 unspecified atom stereocenters. The molecule has 2 N–H and O–H groups in total. The van der Waals surface area contributed by atoms with Gasteiger partial charge in [-0.05, 0) is 17.7 Å². The van der Waals surface area contributed by atoms with Crippen LogP contribution in [0.4, 0.5) is 0 Å². The first-order chi connectivity index (χ1) is 8.69. The van der Waals surface area contributed by atoms with Gasteiger partial charge in [0.15, 0.2) is 5.82 Å². The minimum Gasteiger partial charge on any atom is -0.383 e. The van der Waals surface area contributed by atoms with Crippen molar-refractivity contribution in [3.8, 4) is 0 Å². The summed E-state index contributed by atoms with van der Waals surface area (Å²) in [7, 11) is 1.58. The summed E-state index contributed by atoms with van der Waals surface area (Å²) < 4.78 is 10.1. The van der Waals surface area contributed by atoms with E-state index in [4.69, 9.17) is 26.6 Å². The van der Waals surface area contributed by atoms with Crippen LogP contribution in [0, 0.1) is 0 Å². The van der Waals surface area contributed by atoms with Crippen LogP contribution in [0.1, 0.15) is 23.3 Å². The Bertz CT molecular complexity index is 516. The quantitative estimate of drug-likeness (QED) is 0.896. The van der Waals surface area contributed by atoms with E-state index in [9.17, 15) is 0 Å². The summed E-state index contributed by atoms with van der Waals surface area (Å²) in [4.78, 5) is 4.23. The van der Waals surface area contributed by atoms with Gasteiger partial charge in [-0.3, -0.25) is 0 Å². The van der Waals surface area contributed by atoms with Gasteiger partial charge in [-0.15, -0.1) is 0 Å². The van der Waals surface area contributed by atoms with Crippen molar-refractivity contribution >= 4 is 11.6 Å². The minimum absolute atomic E-state index is 0.357. The Morgan fingerprint density at radius 1 is 1.50 bits per heavy atom. The van der Waals surface area contributed by atoms with Crippen LogP contribution < -0.4 is 5.73 Å². The molecule has 0 aliphatic rings. The molecule has 18 heavy (non-hydrogen) atoms. The van der Waals surface area contributed by atoms with E-state index >= 15 is 0 Å². The van der Waals surface area contributed by atoms with Gasteiger partial charge in [0.05, 0.1) is 19.1 Å². The van der Waals surface area contributed by atoms with E-state index in [2.05, 4.69) is 10.1 Å². The maximum atomic E-state index is 5.90. The van der Waals surface area contributed by atoms with E-state index in [-0.39, 0.29) is 6.04 Å². The van der Waals surface area contributed by atoms with Crippen molar-refractivity contribution in [3.63, 3.8) is 0 Å². The Hall–Kier alpha value is -1.43. The number of nitrogens with zero attached hydrogens (tertiary/aromatic N) is 2. The SMILES string of the molecule is COCC(N)c1noc(Cc2cccc(Cl)c2)n1.